The van der Waals surface area contributed by atoms with Gasteiger partial charge in [-0.05, 0) is 128 Å². The Morgan fingerprint density at radius 1 is 0.390 bits per heavy atom. The van der Waals surface area contributed by atoms with Crippen molar-refractivity contribution in [2.45, 2.75) is 128 Å². The summed E-state index contributed by atoms with van der Waals surface area (Å²) in [5.74, 6) is 4.15. The zero-order valence-electron chi connectivity index (χ0n) is 26.6. The van der Waals surface area contributed by atoms with Gasteiger partial charge in [-0.15, -0.1) is 0 Å². The van der Waals surface area contributed by atoms with Gasteiger partial charge in [0, 0.05) is 49.7 Å². The summed E-state index contributed by atoms with van der Waals surface area (Å²) < 4.78 is 50.1. The maximum Gasteiger partial charge on any atom is 0.497 e. The average molecular weight is 627 g/mol. The maximum absolute atomic E-state index is 7.77. The molecule has 0 aliphatic heterocycles. The Labute approximate surface area is 253 Å². The molecule has 0 amide bonds. The van der Waals surface area contributed by atoms with E-state index in [0.717, 1.165) is 37.0 Å². The molecule has 0 N–H and O–H groups in total. The molecule has 0 aromatic carbocycles. The quantitative estimate of drug-likeness (QED) is 0.154. The Kier molecular flexibility index (Phi) is 9.95. The van der Waals surface area contributed by atoms with Crippen molar-refractivity contribution in [3.05, 3.63) is 0 Å². The second kappa shape index (κ2) is 13.0. The van der Waals surface area contributed by atoms with Crippen molar-refractivity contribution in [2.24, 2.45) is 35.5 Å². The molecule has 6 saturated carbocycles. The molecule has 0 aromatic heterocycles. The molecule has 6 rings (SSSR count). The minimum absolute atomic E-state index is 0.277. The van der Waals surface area contributed by atoms with Crippen LogP contribution in [-0.2, 0) is 30.4 Å². The van der Waals surface area contributed by atoms with E-state index in [0.29, 0.717) is 61.9 Å². The Morgan fingerprint density at radius 3 is 0.927 bits per heavy atom. The fourth-order valence-electron chi connectivity index (χ4n) is 10.6. The smallest absolute Gasteiger partial charge is 0.374 e. The minimum Gasteiger partial charge on any atom is -0.374 e. The molecule has 41 heavy (non-hydrogen) atoms. The van der Waals surface area contributed by atoms with Crippen molar-refractivity contribution in [2.75, 3.05) is 33.0 Å². The summed E-state index contributed by atoms with van der Waals surface area (Å²) in [6.07, 6.45) is 15.1. The zero-order valence-corrected chi connectivity index (χ0v) is 29.6. The van der Waals surface area contributed by atoms with Crippen LogP contribution in [0, 0.1) is 35.5 Å². The van der Waals surface area contributed by atoms with Gasteiger partial charge in [0.1, 0.15) is 0 Å². The van der Waals surface area contributed by atoms with Gasteiger partial charge in [-0.2, -0.15) is 0 Å². The third kappa shape index (κ3) is 5.78. The molecule has 0 spiro atoms. The molecule has 9 atom stereocenters. The summed E-state index contributed by atoms with van der Waals surface area (Å²) in [4.78, 5) is 0. The fraction of sp³-hybridized carbons (Fsp3) is 1.00. The van der Waals surface area contributed by atoms with Crippen molar-refractivity contribution in [1.82, 2.24) is 0 Å². The molecular weight excluding hydrogens is 569 g/mol. The van der Waals surface area contributed by atoms with E-state index in [1.807, 2.05) is 0 Å². The van der Waals surface area contributed by atoms with Crippen LogP contribution >= 0.6 is 0 Å². The Hall–Kier alpha value is 0.371. The lowest BCUT2D eigenvalue weighted by molar-refractivity contribution is 0.0180. The van der Waals surface area contributed by atoms with E-state index < -0.39 is 26.4 Å². The largest absolute Gasteiger partial charge is 0.497 e. The van der Waals surface area contributed by atoms with Crippen LogP contribution in [0.2, 0.25) is 16.6 Å². The van der Waals surface area contributed by atoms with Crippen LogP contribution < -0.4 is 0 Å². The molecule has 6 fully saturated rings. The predicted octanol–water partition coefficient (Wildman–Crippen LogP) is 7.59. The van der Waals surface area contributed by atoms with Gasteiger partial charge in [-0.1, -0.05) is 19.3 Å². The molecule has 0 saturated heterocycles. The summed E-state index contributed by atoms with van der Waals surface area (Å²) in [6.45, 7) is 13.5. The Bertz CT molecular complexity index is 817. The molecule has 7 nitrogen and oxygen atoms in total. The first kappa shape index (κ1) is 31.4. The molecule has 10 heteroatoms. The third-order valence-corrected chi connectivity index (χ3v) is 24.7. The van der Waals surface area contributed by atoms with Gasteiger partial charge in [0.2, 0.25) is 0 Å². The third-order valence-electron chi connectivity index (χ3n) is 11.9. The summed E-state index contributed by atoms with van der Waals surface area (Å²) in [5.41, 5.74) is 0.959. The number of hydrogen-bond donors (Lipinski definition) is 0. The highest BCUT2D eigenvalue weighted by molar-refractivity contribution is 6.82. The number of fused-ring (bicyclic) bond motifs is 6. The second-order valence-corrected chi connectivity index (χ2v) is 22.9. The van der Waals surface area contributed by atoms with Crippen LogP contribution in [0.4, 0.5) is 0 Å². The molecule has 0 heterocycles. The van der Waals surface area contributed by atoms with E-state index in [9.17, 15) is 0 Å². The zero-order chi connectivity index (χ0) is 28.7. The maximum atomic E-state index is 7.77. The highest BCUT2D eigenvalue weighted by Crippen LogP contribution is 2.62. The highest BCUT2D eigenvalue weighted by atomic mass is 28.5. The monoisotopic (exact) mass is 626 g/mol. The lowest BCUT2D eigenvalue weighted by atomic mass is 10.0. The van der Waals surface area contributed by atoms with Crippen LogP contribution in [0.5, 0.6) is 0 Å². The van der Waals surface area contributed by atoms with Gasteiger partial charge < -0.3 is 30.4 Å². The van der Waals surface area contributed by atoms with Crippen LogP contribution in [0.1, 0.15) is 112 Å². The lowest BCUT2D eigenvalue weighted by Crippen LogP contribution is -2.69. The van der Waals surface area contributed by atoms with Crippen molar-refractivity contribution >= 4 is 26.4 Å². The summed E-state index contributed by atoms with van der Waals surface area (Å²) in [7, 11) is -9.73. The van der Waals surface area contributed by atoms with E-state index >= 15 is 0 Å². The normalized spacial score (nSPS) is 39.3. The van der Waals surface area contributed by atoms with E-state index in [1.54, 1.807) is 0 Å². The summed E-state index contributed by atoms with van der Waals surface area (Å²) in [5, 5.41) is 0. The van der Waals surface area contributed by atoms with E-state index in [4.69, 9.17) is 30.4 Å². The predicted molar refractivity (Wildman–Crippen MR) is 165 cm³/mol. The Balaban J connectivity index is 1.43. The molecule has 0 radical (unpaired) electrons. The SMILES string of the molecule is CCO[Si](OCC)(O[Si](OCC)(O[Si](OCC)(OCC)C1CC2CCC1C2)C1CC2CCC1C2)C1CC2CCC1C2. The molecule has 9 unspecified atom stereocenters. The van der Waals surface area contributed by atoms with Gasteiger partial charge in [-0.3, -0.25) is 0 Å². The van der Waals surface area contributed by atoms with E-state index in [-0.39, 0.29) is 5.54 Å². The van der Waals surface area contributed by atoms with Crippen LogP contribution in [0.25, 0.3) is 0 Å². The summed E-state index contributed by atoms with van der Waals surface area (Å²) in [6, 6.07) is 0. The van der Waals surface area contributed by atoms with Gasteiger partial charge in [0.15, 0.2) is 0 Å². The first-order valence-electron chi connectivity index (χ1n) is 17.5. The average Bonchev–Trinajstić information content (AvgIpc) is 3.82. The van der Waals surface area contributed by atoms with E-state index in [2.05, 4.69) is 34.6 Å². The molecular formula is C31H58O7Si3. The topological polar surface area (TPSA) is 64.6 Å². The number of rotatable bonds is 17. The Morgan fingerprint density at radius 2 is 0.683 bits per heavy atom. The second-order valence-electron chi connectivity index (χ2n) is 14.0. The molecule has 236 valence electrons. The van der Waals surface area contributed by atoms with Crippen molar-refractivity contribution in [1.29, 1.82) is 0 Å². The van der Waals surface area contributed by atoms with Crippen molar-refractivity contribution in [3.8, 4) is 0 Å². The van der Waals surface area contributed by atoms with Crippen LogP contribution in [0.15, 0.2) is 0 Å². The highest BCUT2D eigenvalue weighted by Gasteiger charge is 2.71. The van der Waals surface area contributed by atoms with Gasteiger partial charge in [0.25, 0.3) is 0 Å². The standard InChI is InChI=1S/C31H58O7Si3/c1-6-32-39(33-7-2,29-20-23-11-14-26(29)17-23)37-41(36-10-5,31-22-25-13-16-28(31)19-25)38-40(34-8-3,35-9-4)30-21-24-12-15-27(30)18-24/h23-31H,6-22H2,1-5H3. The first-order valence-corrected chi connectivity index (χ1v) is 22.9. The first-order chi connectivity index (χ1) is 19.9. The van der Waals surface area contributed by atoms with Gasteiger partial charge in [0.05, 0.1) is 0 Å². The van der Waals surface area contributed by atoms with E-state index in [1.165, 1.54) is 57.8 Å². The van der Waals surface area contributed by atoms with Crippen molar-refractivity contribution < 1.29 is 30.4 Å². The van der Waals surface area contributed by atoms with Gasteiger partial charge >= 0.3 is 26.4 Å². The fourth-order valence-corrected chi connectivity index (χ4v) is 25.9. The van der Waals surface area contributed by atoms with Crippen LogP contribution in [-0.4, -0.2) is 59.4 Å². The molecule has 6 aliphatic carbocycles. The molecule has 6 aliphatic rings. The minimum atomic E-state index is -3.40. The van der Waals surface area contributed by atoms with Crippen molar-refractivity contribution in [3.63, 3.8) is 0 Å². The lowest BCUT2D eigenvalue weighted by Gasteiger charge is -2.49. The molecule has 6 bridgehead atoms. The van der Waals surface area contributed by atoms with Crippen LogP contribution in [0.3, 0.4) is 0 Å². The number of hydrogen-bond acceptors (Lipinski definition) is 7. The summed E-state index contributed by atoms with van der Waals surface area (Å²) >= 11 is 0. The molecule has 0 aromatic rings. The van der Waals surface area contributed by atoms with Gasteiger partial charge in [-0.25, -0.2) is 0 Å².